The molecule has 0 spiro atoms. The van der Waals surface area contributed by atoms with Gasteiger partial charge in [-0.05, 0) is 38.3 Å². The third kappa shape index (κ3) is 3.59. The molecule has 8 heteroatoms. The molecule has 1 saturated heterocycles. The molecule has 2 aromatic rings. The van der Waals surface area contributed by atoms with Crippen molar-refractivity contribution in [3.63, 3.8) is 0 Å². The Kier molecular flexibility index (Phi) is 5.45. The number of aromatic nitrogens is 3. The quantitative estimate of drug-likeness (QED) is 0.620. The molecule has 1 amide bonds. The van der Waals surface area contributed by atoms with Crippen molar-refractivity contribution in [1.29, 1.82) is 0 Å². The molecule has 1 aromatic heterocycles. The molecule has 3 rings (SSSR count). The smallest absolute Gasteiger partial charge is 0.233 e. The molecule has 0 bridgehead atoms. The largest absolute Gasteiger partial charge is 0.339 e. The lowest BCUT2D eigenvalue weighted by molar-refractivity contribution is -0.131. The monoisotopic (exact) mass is 409 g/mol. The van der Waals surface area contributed by atoms with Crippen molar-refractivity contribution in [3.8, 4) is 11.4 Å². The molecular formula is C16H20BrN5OS. The van der Waals surface area contributed by atoms with Crippen LogP contribution < -0.4 is 5.84 Å². The zero-order valence-electron chi connectivity index (χ0n) is 13.5. The number of piperidine rings is 1. The molecule has 1 unspecified atom stereocenters. The highest BCUT2D eigenvalue weighted by atomic mass is 79.9. The highest BCUT2D eigenvalue weighted by molar-refractivity contribution is 9.10. The van der Waals surface area contributed by atoms with Crippen LogP contribution in [0, 0.1) is 0 Å². The van der Waals surface area contributed by atoms with Crippen LogP contribution in [0.25, 0.3) is 11.4 Å². The Morgan fingerprint density at radius 1 is 1.38 bits per heavy atom. The van der Waals surface area contributed by atoms with E-state index in [-0.39, 0.29) is 5.91 Å². The normalized spacial score (nSPS) is 17.9. The lowest BCUT2D eigenvalue weighted by Gasteiger charge is -2.33. The molecule has 1 aliphatic rings. The second kappa shape index (κ2) is 7.57. The predicted molar refractivity (Wildman–Crippen MR) is 99.1 cm³/mol. The third-order valence-electron chi connectivity index (χ3n) is 4.23. The van der Waals surface area contributed by atoms with Crippen LogP contribution in [0.15, 0.2) is 33.9 Å². The molecule has 1 aromatic carbocycles. The first-order chi connectivity index (χ1) is 11.6. The van der Waals surface area contributed by atoms with Crippen molar-refractivity contribution in [2.75, 3.05) is 18.1 Å². The van der Waals surface area contributed by atoms with E-state index in [0.29, 0.717) is 22.8 Å². The number of amides is 1. The van der Waals surface area contributed by atoms with Crippen molar-refractivity contribution in [1.82, 2.24) is 19.8 Å². The summed E-state index contributed by atoms with van der Waals surface area (Å²) in [5.41, 5.74) is 0.871. The first-order valence-electron chi connectivity index (χ1n) is 7.95. The van der Waals surface area contributed by atoms with Gasteiger partial charge in [0.1, 0.15) is 0 Å². The van der Waals surface area contributed by atoms with Crippen LogP contribution in [0.2, 0.25) is 0 Å². The average molecular weight is 410 g/mol. The molecule has 24 heavy (non-hydrogen) atoms. The summed E-state index contributed by atoms with van der Waals surface area (Å²) in [6.45, 7) is 2.95. The number of rotatable bonds is 4. The molecule has 0 saturated carbocycles. The number of benzene rings is 1. The molecular weight excluding hydrogens is 390 g/mol. The second-order valence-electron chi connectivity index (χ2n) is 5.88. The van der Waals surface area contributed by atoms with Crippen LogP contribution in [-0.4, -0.2) is 44.0 Å². The maximum Gasteiger partial charge on any atom is 0.233 e. The van der Waals surface area contributed by atoms with Gasteiger partial charge in [0.05, 0.1) is 5.75 Å². The van der Waals surface area contributed by atoms with Crippen LogP contribution in [-0.2, 0) is 4.79 Å². The van der Waals surface area contributed by atoms with E-state index in [4.69, 9.17) is 5.84 Å². The third-order valence-corrected chi connectivity index (χ3v) is 5.85. The van der Waals surface area contributed by atoms with Crippen LogP contribution >= 0.6 is 27.7 Å². The minimum absolute atomic E-state index is 0.137. The summed E-state index contributed by atoms with van der Waals surface area (Å²) in [6.07, 6.45) is 3.36. The van der Waals surface area contributed by atoms with Gasteiger partial charge in [0.15, 0.2) is 5.82 Å². The lowest BCUT2D eigenvalue weighted by Crippen LogP contribution is -2.43. The van der Waals surface area contributed by atoms with Gasteiger partial charge in [-0.25, -0.2) is 4.68 Å². The Balaban J connectivity index is 1.69. The molecule has 2 heterocycles. The van der Waals surface area contributed by atoms with Crippen LogP contribution in [0.1, 0.15) is 26.2 Å². The molecule has 128 valence electrons. The van der Waals surface area contributed by atoms with Crippen LogP contribution in [0.3, 0.4) is 0 Å². The highest BCUT2D eigenvalue weighted by Gasteiger charge is 2.24. The lowest BCUT2D eigenvalue weighted by atomic mass is 10.0. The number of nitrogens with two attached hydrogens (primary N) is 1. The summed E-state index contributed by atoms with van der Waals surface area (Å²) in [4.78, 5) is 14.4. The molecule has 0 aliphatic carbocycles. The summed E-state index contributed by atoms with van der Waals surface area (Å²) >= 11 is 4.82. The minimum atomic E-state index is 0.137. The Hall–Kier alpha value is -1.54. The second-order valence-corrected chi connectivity index (χ2v) is 7.67. The van der Waals surface area contributed by atoms with Gasteiger partial charge in [0, 0.05) is 22.6 Å². The van der Waals surface area contributed by atoms with E-state index in [2.05, 4.69) is 33.1 Å². The summed E-state index contributed by atoms with van der Waals surface area (Å²) in [6, 6.07) is 8.02. The number of likely N-dealkylation sites (tertiary alicyclic amines) is 1. The number of nitrogens with zero attached hydrogens (tertiary/aromatic N) is 4. The van der Waals surface area contributed by atoms with E-state index in [1.165, 1.54) is 22.9 Å². The molecule has 1 aliphatic heterocycles. The fourth-order valence-corrected chi connectivity index (χ4v) is 4.08. The van der Waals surface area contributed by atoms with E-state index in [1.54, 1.807) is 0 Å². The predicted octanol–water partition coefficient (Wildman–Crippen LogP) is 2.91. The van der Waals surface area contributed by atoms with E-state index >= 15 is 0 Å². The zero-order chi connectivity index (χ0) is 17.1. The molecule has 1 fully saturated rings. The Morgan fingerprint density at radius 2 is 2.17 bits per heavy atom. The molecule has 2 N–H and O–H groups in total. The summed E-state index contributed by atoms with van der Waals surface area (Å²) < 4.78 is 2.34. The highest BCUT2D eigenvalue weighted by Crippen LogP contribution is 2.28. The summed E-state index contributed by atoms with van der Waals surface area (Å²) in [5.74, 6) is 7.16. The fourth-order valence-electron chi connectivity index (χ4n) is 2.88. The standard InChI is InChI=1S/C16H20BrN5OS/c1-11-6-4-5-9-21(11)14(23)10-24-16-20-19-15(22(16)18)12-7-2-3-8-13(12)17/h2-3,7-8,11H,4-6,9-10,18H2,1H3. The van der Waals surface area contributed by atoms with Gasteiger partial charge in [-0.2, -0.15) is 0 Å². The topological polar surface area (TPSA) is 77.0 Å². The van der Waals surface area contributed by atoms with Crippen molar-refractivity contribution in [3.05, 3.63) is 28.7 Å². The Morgan fingerprint density at radius 3 is 2.92 bits per heavy atom. The van der Waals surface area contributed by atoms with Gasteiger partial charge < -0.3 is 10.7 Å². The van der Waals surface area contributed by atoms with Gasteiger partial charge >= 0.3 is 0 Å². The zero-order valence-corrected chi connectivity index (χ0v) is 15.9. The number of thioether (sulfide) groups is 1. The summed E-state index contributed by atoms with van der Waals surface area (Å²) in [7, 11) is 0. The fraction of sp³-hybridized carbons (Fsp3) is 0.438. The number of carbonyl (C=O) groups is 1. The van der Waals surface area contributed by atoms with E-state index in [0.717, 1.165) is 29.4 Å². The maximum atomic E-state index is 12.4. The first-order valence-corrected chi connectivity index (χ1v) is 9.73. The Labute approximate surface area is 153 Å². The van der Waals surface area contributed by atoms with Crippen molar-refractivity contribution in [2.45, 2.75) is 37.4 Å². The number of nitrogen functional groups attached to an aromatic ring is 1. The maximum absolute atomic E-state index is 12.4. The van der Waals surface area contributed by atoms with Gasteiger partial charge in [-0.1, -0.05) is 39.8 Å². The average Bonchev–Trinajstić information content (AvgIpc) is 2.94. The van der Waals surface area contributed by atoms with Gasteiger partial charge in [-0.15, -0.1) is 10.2 Å². The van der Waals surface area contributed by atoms with Gasteiger partial charge in [0.25, 0.3) is 0 Å². The molecule has 1 atom stereocenters. The minimum Gasteiger partial charge on any atom is -0.339 e. The van der Waals surface area contributed by atoms with Crippen molar-refractivity contribution >= 4 is 33.6 Å². The number of hydrogen-bond donors (Lipinski definition) is 1. The van der Waals surface area contributed by atoms with E-state index in [1.807, 2.05) is 29.2 Å². The Bertz CT molecular complexity index is 735. The summed E-state index contributed by atoms with van der Waals surface area (Å²) in [5, 5.41) is 8.83. The number of halogens is 1. The molecule has 6 nitrogen and oxygen atoms in total. The van der Waals surface area contributed by atoms with Crippen LogP contribution in [0.5, 0.6) is 0 Å². The van der Waals surface area contributed by atoms with Gasteiger partial charge in [-0.3, -0.25) is 4.79 Å². The number of carbonyl (C=O) groups excluding carboxylic acids is 1. The van der Waals surface area contributed by atoms with Crippen molar-refractivity contribution in [2.24, 2.45) is 0 Å². The first kappa shape index (κ1) is 17.3. The van der Waals surface area contributed by atoms with Crippen LogP contribution in [0.4, 0.5) is 0 Å². The van der Waals surface area contributed by atoms with E-state index in [9.17, 15) is 4.79 Å². The van der Waals surface area contributed by atoms with Crippen molar-refractivity contribution < 1.29 is 4.79 Å². The van der Waals surface area contributed by atoms with E-state index < -0.39 is 0 Å². The SMILES string of the molecule is CC1CCCCN1C(=O)CSc1nnc(-c2ccccc2Br)n1N. The van der Waals surface area contributed by atoms with Gasteiger partial charge in [0.2, 0.25) is 11.1 Å². The number of hydrogen-bond acceptors (Lipinski definition) is 5. The molecule has 0 radical (unpaired) electrons.